The summed E-state index contributed by atoms with van der Waals surface area (Å²) in [4.78, 5) is 26.8. The van der Waals surface area contributed by atoms with Crippen LogP contribution in [0.5, 0.6) is 0 Å². The summed E-state index contributed by atoms with van der Waals surface area (Å²) in [5, 5.41) is 12.5. The molecule has 2 aromatic rings. The van der Waals surface area contributed by atoms with E-state index in [0.29, 0.717) is 42.1 Å². The molecule has 1 fully saturated rings. The maximum Gasteiger partial charge on any atom is 0.241 e. The number of nitriles is 1. The Morgan fingerprint density at radius 3 is 2.30 bits per heavy atom. The Kier molecular flexibility index (Phi) is 6.10. The van der Waals surface area contributed by atoms with Crippen LogP contribution in [0.1, 0.15) is 28.8 Å². The molecule has 0 aliphatic carbocycles. The first-order valence-electron chi connectivity index (χ1n) is 8.88. The van der Waals surface area contributed by atoms with E-state index >= 15 is 0 Å². The lowest BCUT2D eigenvalue weighted by Crippen LogP contribution is -2.42. The van der Waals surface area contributed by atoms with Crippen molar-refractivity contribution in [1.82, 2.24) is 4.90 Å². The molecule has 0 bridgehead atoms. The Labute approximate surface area is 163 Å². The van der Waals surface area contributed by atoms with E-state index in [1.165, 1.54) is 0 Å². The normalized spacial score (nSPS) is 14.4. The van der Waals surface area contributed by atoms with Gasteiger partial charge in [-0.05, 0) is 61.4 Å². The molecule has 1 saturated heterocycles. The fraction of sp³-hybridized carbons (Fsp3) is 0.286. The summed E-state index contributed by atoms with van der Waals surface area (Å²) in [6, 6.07) is 16.0. The van der Waals surface area contributed by atoms with Crippen LogP contribution in [0.4, 0.5) is 5.69 Å². The molecule has 6 heteroatoms. The van der Waals surface area contributed by atoms with Crippen LogP contribution < -0.4 is 5.32 Å². The average Bonchev–Trinajstić information content (AvgIpc) is 2.72. The summed E-state index contributed by atoms with van der Waals surface area (Å²) in [5.41, 5.74) is 2.06. The number of nitrogens with one attached hydrogen (secondary N) is 1. The van der Waals surface area contributed by atoms with Crippen molar-refractivity contribution >= 4 is 29.0 Å². The number of nitrogens with zero attached hydrogens (tertiary/aromatic N) is 2. The maximum atomic E-state index is 12.6. The third kappa shape index (κ3) is 4.87. The van der Waals surface area contributed by atoms with E-state index in [2.05, 4.69) is 11.4 Å². The van der Waals surface area contributed by atoms with Crippen LogP contribution in [0.25, 0.3) is 0 Å². The van der Waals surface area contributed by atoms with Crippen LogP contribution >= 0.6 is 11.6 Å². The number of hydrogen-bond donors (Lipinski definition) is 1. The van der Waals surface area contributed by atoms with Crippen molar-refractivity contribution in [2.75, 3.05) is 25.0 Å². The van der Waals surface area contributed by atoms with Gasteiger partial charge >= 0.3 is 0 Å². The molecule has 0 aromatic heterocycles. The molecule has 1 N–H and O–H groups in total. The molecule has 1 aliphatic rings. The van der Waals surface area contributed by atoms with Gasteiger partial charge in [0.25, 0.3) is 0 Å². The molecule has 0 atom stereocenters. The monoisotopic (exact) mass is 381 g/mol. The number of rotatable bonds is 5. The van der Waals surface area contributed by atoms with Gasteiger partial charge in [0.1, 0.15) is 0 Å². The molecule has 1 aliphatic heterocycles. The molecule has 5 nitrogen and oxygen atoms in total. The smallest absolute Gasteiger partial charge is 0.241 e. The summed E-state index contributed by atoms with van der Waals surface area (Å²) < 4.78 is 0. The van der Waals surface area contributed by atoms with Crippen LogP contribution in [-0.4, -0.2) is 36.2 Å². The predicted octanol–water partition coefficient (Wildman–Crippen LogP) is 3.75. The van der Waals surface area contributed by atoms with Gasteiger partial charge in [-0.3, -0.25) is 9.59 Å². The Hall–Kier alpha value is -2.84. The average molecular weight is 382 g/mol. The molecule has 0 radical (unpaired) electrons. The van der Waals surface area contributed by atoms with E-state index in [1.54, 1.807) is 53.4 Å². The SMILES string of the molecule is N#Cc1ccc(NCC(=O)N2CCC(C(=O)c3ccc(Cl)cc3)CC2)cc1. The largest absolute Gasteiger partial charge is 0.376 e. The zero-order valence-corrected chi connectivity index (χ0v) is 15.6. The zero-order chi connectivity index (χ0) is 19.2. The minimum absolute atomic E-state index is 0.0109. The molecule has 1 amide bonds. The first-order chi connectivity index (χ1) is 13.1. The maximum absolute atomic E-state index is 12.6. The molecular formula is C21H20ClN3O2. The molecule has 2 aromatic carbocycles. The summed E-state index contributed by atoms with van der Waals surface area (Å²) in [5.74, 6) is 0.0768. The van der Waals surface area contributed by atoms with Crippen LogP contribution in [-0.2, 0) is 4.79 Å². The second-order valence-electron chi connectivity index (χ2n) is 6.57. The van der Waals surface area contributed by atoms with Gasteiger partial charge in [-0.25, -0.2) is 0 Å². The first kappa shape index (κ1) is 18.9. The molecular weight excluding hydrogens is 362 g/mol. The van der Waals surface area contributed by atoms with Crippen molar-refractivity contribution in [3.8, 4) is 6.07 Å². The van der Waals surface area contributed by atoms with E-state index in [0.717, 1.165) is 5.69 Å². The summed E-state index contributed by atoms with van der Waals surface area (Å²) in [6.07, 6.45) is 1.34. The van der Waals surface area contributed by atoms with Crippen molar-refractivity contribution < 1.29 is 9.59 Å². The lowest BCUT2D eigenvalue weighted by atomic mass is 9.89. The van der Waals surface area contributed by atoms with E-state index in [9.17, 15) is 9.59 Å². The van der Waals surface area contributed by atoms with Crippen LogP contribution in [0.2, 0.25) is 5.02 Å². The van der Waals surface area contributed by atoms with Crippen LogP contribution in [0, 0.1) is 17.2 Å². The first-order valence-corrected chi connectivity index (χ1v) is 9.26. The molecule has 0 spiro atoms. The molecule has 3 rings (SSSR count). The number of benzene rings is 2. The minimum Gasteiger partial charge on any atom is -0.376 e. The summed E-state index contributed by atoms with van der Waals surface area (Å²) >= 11 is 5.87. The third-order valence-electron chi connectivity index (χ3n) is 4.80. The molecule has 138 valence electrons. The van der Waals surface area contributed by atoms with Crippen molar-refractivity contribution in [1.29, 1.82) is 5.26 Å². The van der Waals surface area contributed by atoms with E-state index in [1.807, 2.05) is 0 Å². The Morgan fingerprint density at radius 2 is 1.70 bits per heavy atom. The number of hydrogen-bond acceptors (Lipinski definition) is 4. The number of piperidine rings is 1. The highest BCUT2D eigenvalue weighted by molar-refractivity contribution is 6.30. The van der Waals surface area contributed by atoms with Gasteiger partial charge in [-0.15, -0.1) is 0 Å². The molecule has 0 saturated carbocycles. The molecule has 0 unspecified atom stereocenters. The van der Waals surface area contributed by atoms with Crippen molar-refractivity contribution in [3.63, 3.8) is 0 Å². The predicted molar refractivity (Wildman–Crippen MR) is 105 cm³/mol. The lowest BCUT2D eigenvalue weighted by Gasteiger charge is -2.31. The van der Waals surface area contributed by atoms with Gasteiger partial charge in [0.2, 0.25) is 5.91 Å². The van der Waals surface area contributed by atoms with Gasteiger partial charge in [0.15, 0.2) is 5.78 Å². The highest BCUT2D eigenvalue weighted by atomic mass is 35.5. The van der Waals surface area contributed by atoms with Gasteiger partial charge < -0.3 is 10.2 Å². The molecule has 1 heterocycles. The number of carbonyl (C=O) groups excluding carboxylic acids is 2. The topological polar surface area (TPSA) is 73.2 Å². The fourth-order valence-electron chi connectivity index (χ4n) is 3.19. The number of anilines is 1. The van der Waals surface area contributed by atoms with E-state index < -0.39 is 0 Å². The van der Waals surface area contributed by atoms with E-state index in [4.69, 9.17) is 16.9 Å². The second kappa shape index (κ2) is 8.70. The zero-order valence-electron chi connectivity index (χ0n) is 14.8. The number of halogens is 1. The summed E-state index contributed by atoms with van der Waals surface area (Å²) in [6.45, 7) is 1.36. The standard InChI is InChI=1S/C21H20ClN3O2/c22-18-5-3-16(4-6-18)21(27)17-9-11-25(12-10-17)20(26)14-24-19-7-1-15(13-23)2-8-19/h1-8,17,24H,9-12,14H2. The quantitative estimate of drug-likeness (QED) is 0.800. The van der Waals surface area contributed by atoms with Crippen molar-refractivity contribution in [3.05, 3.63) is 64.7 Å². The Morgan fingerprint density at radius 1 is 1.07 bits per heavy atom. The number of Topliss-reactive ketones (excluding diaryl/α,β-unsaturated/α-hetero) is 1. The van der Waals surface area contributed by atoms with Gasteiger partial charge in [0.05, 0.1) is 18.2 Å². The van der Waals surface area contributed by atoms with Gasteiger partial charge in [0, 0.05) is 35.3 Å². The van der Waals surface area contributed by atoms with Gasteiger partial charge in [-0.2, -0.15) is 5.26 Å². The number of likely N-dealkylation sites (tertiary alicyclic amines) is 1. The van der Waals surface area contributed by atoms with Crippen LogP contribution in [0.15, 0.2) is 48.5 Å². The third-order valence-corrected chi connectivity index (χ3v) is 5.06. The Balaban J connectivity index is 1.48. The number of carbonyl (C=O) groups is 2. The highest BCUT2D eigenvalue weighted by Gasteiger charge is 2.27. The Bertz CT molecular complexity index is 848. The lowest BCUT2D eigenvalue weighted by molar-refractivity contribution is -0.130. The number of ketones is 1. The van der Waals surface area contributed by atoms with Gasteiger partial charge in [-0.1, -0.05) is 11.6 Å². The number of amides is 1. The molecule has 27 heavy (non-hydrogen) atoms. The van der Waals surface area contributed by atoms with Crippen molar-refractivity contribution in [2.45, 2.75) is 12.8 Å². The van der Waals surface area contributed by atoms with Crippen LogP contribution in [0.3, 0.4) is 0 Å². The summed E-state index contributed by atoms with van der Waals surface area (Å²) in [7, 11) is 0. The minimum atomic E-state index is -0.0540. The second-order valence-corrected chi connectivity index (χ2v) is 7.01. The van der Waals surface area contributed by atoms with Crippen molar-refractivity contribution in [2.24, 2.45) is 5.92 Å². The fourth-order valence-corrected chi connectivity index (χ4v) is 3.32. The highest BCUT2D eigenvalue weighted by Crippen LogP contribution is 2.23. The van der Waals surface area contributed by atoms with E-state index in [-0.39, 0.29) is 24.2 Å².